The Balaban J connectivity index is 2.22. The molecule has 19 heavy (non-hydrogen) atoms. The van der Waals surface area contributed by atoms with Crippen LogP contribution in [-0.2, 0) is 0 Å². The second-order valence-corrected chi connectivity index (χ2v) is 6.61. The Hall–Kier alpha value is -1.38. The van der Waals surface area contributed by atoms with Crippen LogP contribution in [0.25, 0.3) is 0 Å². The second kappa shape index (κ2) is 5.72. The van der Waals surface area contributed by atoms with Gasteiger partial charge in [0, 0.05) is 15.0 Å². The number of aromatic nitrogens is 1. The number of nitrogens with zero attached hydrogens (tertiary/aromatic N) is 2. The maximum atomic E-state index is 8.85. The summed E-state index contributed by atoms with van der Waals surface area (Å²) in [5.74, 6) is 0. The summed E-state index contributed by atoms with van der Waals surface area (Å²) in [6.07, 6.45) is 0. The van der Waals surface area contributed by atoms with E-state index in [1.54, 1.807) is 17.4 Å². The number of hydrogen-bond donors (Lipinski definition) is 1. The number of nitrogens with one attached hydrogen (secondary N) is 1. The Labute approximate surface area is 125 Å². The zero-order valence-electron chi connectivity index (χ0n) is 11.0. The van der Waals surface area contributed by atoms with E-state index in [0.717, 1.165) is 20.9 Å². The van der Waals surface area contributed by atoms with Gasteiger partial charge in [-0.15, -0.1) is 11.3 Å². The zero-order chi connectivity index (χ0) is 14.0. The van der Waals surface area contributed by atoms with Crippen LogP contribution < -0.4 is 5.32 Å². The van der Waals surface area contributed by atoms with Gasteiger partial charge >= 0.3 is 0 Å². The molecular formula is C14H14BrN3S. The third-order valence-electron chi connectivity index (χ3n) is 2.82. The van der Waals surface area contributed by atoms with Crippen molar-refractivity contribution in [1.82, 2.24) is 4.98 Å². The first-order valence-corrected chi connectivity index (χ1v) is 7.52. The molecule has 0 aliphatic heterocycles. The Morgan fingerprint density at radius 2 is 2.16 bits per heavy atom. The normalized spacial score (nSPS) is 11.9. The van der Waals surface area contributed by atoms with Crippen LogP contribution in [0.15, 0.2) is 22.7 Å². The molecule has 2 aromatic rings. The van der Waals surface area contributed by atoms with Gasteiger partial charge in [0.1, 0.15) is 0 Å². The molecule has 1 aromatic carbocycles. The Morgan fingerprint density at radius 3 is 2.68 bits per heavy atom. The van der Waals surface area contributed by atoms with E-state index in [-0.39, 0.29) is 6.04 Å². The summed E-state index contributed by atoms with van der Waals surface area (Å²) in [6.45, 7) is 6.20. The molecule has 2 rings (SSSR count). The van der Waals surface area contributed by atoms with Crippen LogP contribution in [0.2, 0.25) is 0 Å². The molecule has 98 valence electrons. The first-order chi connectivity index (χ1) is 9.01. The molecule has 0 bridgehead atoms. The fraction of sp³-hybridized carbons (Fsp3) is 0.286. The summed E-state index contributed by atoms with van der Waals surface area (Å²) in [5, 5.41) is 13.4. The lowest BCUT2D eigenvalue weighted by Gasteiger charge is -2.15. The van der Waals surface area contributed by atoms with E-state index < -0.39 is 0 Å². The van der Waals surface area contributed by atoms with E-state index in [1.807, 2.05) is 19.1 Å². The Bertz CT molecular complexity index is 643. The molecule has 3 nitrogen and oxygen atoms in total. The monoisotopic (exact) mass is 335 g/mol. The first-order valence-electron chi connectivity index (χ1n) is 5.91. The number of rotatable bonds is 3. The molecule has 1 unspecified atom stereocenters. The van der Waals surface area contributed by atoms with Gasteiger partial charge in [0.25, 0.3) is 0 Å². The SMILES string of the molecule is Cc1nc(C(C)Nc2ccc(C#N)cc2Br)c(C)s1. The summed E-state index contributed by atoms with van der Waals surface area (Å²) in [6, 6.07) is 7.79. The minimum absolute atomic E-state index is 0.134. The van der Waals surface area contributed by atoms with Gasteiger partial charge in [-0.1, -0.05) is 0 Å². The van der Waals surface area contributed by atoms with Crippen molar-refractivity contribution in [3.05, 3.63) is 43.8 Å². The summed E-state index contributed by atoms with van der Waals surface area (Å²) >= 11 is 5.19. The van der Waals surface area contributed by atoms with Crippen LogP contribution in [0.1, 0.15) is 34.1 Å². The highest BCUT2D eigenvalue weighted by Crippen LogP contribution is 2.29. The van der Waals surface area contributed by atoms with E-state index in [2.05, 4.69) is 46.1 Å². The van der Waals surface area contributed by atoms with Crippen molar-refractivity contribution in [1.29, 1.82) is 5.26 Å². The van der Waals surface area contributed by atoms with Crippen LogP contribution in [0, 0.1) is 25.2 Å². The van der Waals surface area contributed by atoms with E-state index >= 15 is 0 Å². The lowest BCUT2D eigenvalue weighted by atomic mass is 10.2. The van der Waals surface area contributed by atoms with Crippen LogP contribution in [0.3, 0.4) is 0 Å². The zero-order valence-corrected chi connectivity index (χ0v) is 13.4. The van der Waals surface area contributed by atoms with Gasteiger partial charge in [0.2, 0.25) is 0 Å². The number of thiazole rings is 1. The number of halogens is 1. The fourth-order valence-corrected chi connectivity index (χ4v) is 3.36. The number of nitriles is 1. The highest BCUT2D eigenvalue weighted by Gasteiger charge is 2.14. The topological polar surface area (TPSA) is 48.7 Å². The van der Waals surface area contributed by atoms with E-state index in [1.165, 1.54) is 4.88 Å². The molecule has 1 heterocycles. The standard InChI is InChI=1S/C14H14BrN3S/c1-8(14-9(2)19-10(3)18-14)17-13-5-4-11(7-16)6-12(13)15/h4-6,8,17H,1-3H3. The molecule has 0 aliphatic carbocycles. The maximum Gasteiger partial charge on any atom is 0.0992 e. The molecule has 0 aliphatic rings. The molecule has 0 saturated carbocycles. The van der Waals surface area contributed by atoms with Crippen LogP contribution in [-0.4, -0.2) is 4.98 Å². The lowest BCUT2D eigenvalue weighted by Crippen LogP contribution is -2.08. The Kier molecular flexibility index (Phi) is 4.23. The second-order valence-electron chi connectivity index (χ2n) is 4.35. The third kappa shape index (κ3) is 3.14. The average molecular weight is 336 g/mol. The van der Waals surface area contributed by atoms with Gasteiger partial charge in [-0.2, -0.15) is 5.26 Å². The van der Waals surface area contributed by atoms with Crippen LogP contribution in [0.4, 0.5) is 5.69 Å². The molecule has 0 amide bonds. The molecule has 0 fully saturated rings. The summed E-state index contributed by atoms with van der Waals surface area (Å²) in [4.78, 5) is 5.80. The van der Waals surface area contributed by atoms with Crippen molar-refractivity contribution in [2.75, 3.05) is 5.32 Å². The minimum atomic E-state index is 0.134. The lowest BCUT2D eigenvalue weighted by molar-refractivity contribution is 0.836. The molecule has 5 heteroatoms. The number of hydrogen-bond acceptors (Lipinski definition) is 4. The molecule has 0 saturated heterocycles. The molecule has 1 N–H and O–H groups in total. The van der Waals surface area contributed by atoms with Crippen LogP contribution >= 0.6 is 27.3 Å². The number of benzene rings is 1. The third-order valence-corrected chi connectivity index (χ3v) is 4.38. The number of anilines is 1. The van der Waals surface area contributed by atoms with Gasteiger partial charge in [-0.25, -0.2) is 4.98 Å². The van der Waals surface area contributed by atoms with Crippen LogP contribution in [0.5, 0.6) is 0 Å². The van der Waals surface area contributed by atoms with Gasteiger partial charge in [-0.05, 0) is 54.9 Å². The molecule has 0 spiro atoms. The molecule has 1 aromatic heterocycles. The van der Waals surface area contributed by atoms with Crippen molar-refractivity contribution >= 4 is 33.0 Å². The molecule has 0 radical (unpaired) electrons. The first kappa shape index (κ1) is 14.0. The highest BCUT2D eigenvalue weighted by molar-refractivity contribution is 9.10. The minimum Gasteiger partial charge on any atom is -0.376 e. The van der Waals surface area contributed by atoms with Gasteiger partial charge in [0.05, 0.1) is 28.4 Å². The van der Waals surface area contributed by atoms with Crippen molar-refractivity contribution in [2.45, 2.75) is 26.8 Å². The number of aryl methyl sites for hydroxylation is 2. The fourth-order valence-electron chi connectivity index (χ4n) is 1.95. The highest BCUT2D eigenvalue weighted by atomic mass is 79.9. The van der Waals surface area contributed by atoms with Crippen molar-refractivity contribution < 1.29 is 0 Å². The van der Waals surface area contributed by atoms with E-state index in [9.17, 15) is 0 Å². The van der Waals surface area contributed by atoms with Crippen molar-refractivity contribution in [3.63, 3.8) is 0 Å². The quantitative estimate of drug-likeness (QED) is 0.893. The molecular weight excluding hydrogens is 322 g/mol. The van der Waals surface area contributed by atoms with Gasteiger partial charge in [0.15, 0.2) is 0 Å². The smallest absolute Gasteiger partial charge is 0.0992 e. The predicted octanol–water partition coefficient (Wildman–Crippen LogP) is 4.57. The summed E-state index contributed by atoms with van der Waals surface area (Å²) in [7, 11) is 0. The summed E-state index contributed by atoms with van der Waals surface area (Å²) in [5.41, 5.74) is 2.70. The Morgan fingerprint density at radius 1 is 1.42 bits per heavy atom. The van der Waals surface area contributed by atoms with Gasteiger partial charge < -0.3 is 5.32 Å². The molecule has 1 atom stereocenters. The van der Waals surface area contributed by atoms with Gasteiger partial charge in [-0.3, -0.25) is 0 Å². The van der Waals surface area contributed by atoms with E-state index in [4.69, 9.17) is 5.26 Å². The van der Waals surface area contributed by atoms with Crippen molar-refractivity contribution in [3.8, 4) is 6.07 Å². The summed E-state index contributed by atoms with van der Waals surface area (Å²) < 4.78 is 0.892. The average Bonchev–Trinajstić information content (AvgIpc) is 2.71. The van der Waals surface area contributed by atoms with Crippen molar-refractivity contribution in [2.24, 2.45) is 0 Å². The largest absolute Gasteiger partial charge is 0.376 e. The predicted molar refractivity (Wildman–Crippen MR) is 82.5 cm³/mol. The maximum absolute atomic E-state index is 8.85. The van der Waals surface area contributed by atoms with E-state index in [0.29, 0.717) is 5.56 Å².